The Kier molecular flexibility index (Phi) is 7.50. The molecule has 0 heterocycles. The predicted molar refractivity (Wildman–Crippen MR) is 115 cm³/mol. The van der Waals surface area contributed by atoms with Gasteiger partial charge in [0.05, 0.1) is 8.04 Å². The fraction of sp³-hybridized carbons (Fsp3) is 0.158. The monoisotopic (exact) mass is 544 g/mol. The van der Waals surface area contributed by atoms with Crippen LogP contribution in [0.1, 0.15) is 11.1 Å². The van der Waals surface area contributed by atoms with Crippen molar-refractivity contribution < 1.29 is 9.53 Å². The van der Waals surface area contributed by atoms with Gasteiger partial charge in [0.1, 0.15) is 24.0 Å². The van der Waals surface area contributed by atoms with Gasteiger partial charge in [0.15, 0.2) is 0 Å². The van der Waals surface area contributed by atoms with E-state index >= 15 is 0 Å². The predicted octanol–water partition coefficient (Wildman–Crippen LogP) is 5.28. The molecule has 0 radical (unpaired) electrons. The van der Waals surface area contributed by atoms with Crippen molar-refractivity contribution in [1.29, 1.82) is 5.26 Å². The summed E-state index contributed by atoms with van der Waals surface area (Å²) in [6.07, 6.45) is 1.57. The first-order valence-corrected chi connectivity index (χ1v) is 9.76. The molecule has 2 rings (SSSR count). The lowest BCUT2D eigenvalue weighted by Crippen LogP contribution is -2.22. The van der Waals surface area contributed by atoms with Crippen molar-refractivity contribution in [2.75, 3.05) is 14.1 Å². The van der Waals surface area contributed by atoms with Gasteiger partial charge in [-0.05, 0) is 80.0 Å². The van der Waals surface area contributed by atoms with Gasteiger partial charge >= 0.3 is 0 Å². The Hall–Kier alpha value is -1.56. The molecule has 4 nitrogen and oxygen atoms in total. The Labute approximate surface area is 179 Å². The van der Waals surface area contributed by atoms with E-state index in [0.717, 1.165) is 19.2 Å². The summed E-state index contributed by atoms with van der Waals surface area (Å²) in [5.41, 5.74) is 1.82. The van der Waals surface area contributed by atoms with Crippen LogP contribution in [-0.2, 0) is 11.4 Å². The third-order valence-corrected chi connectivity index (χ3v) is 5.03. The molecule has 0 aliphatic carbocycles. The van der Waals surface area contributed by atoms with Gasteiger partial charge in [-0.15, -0.1) is 0 Å². The van der Waals surface area contributed by atoms with Crippen LogP contribution in [0.4, 0.5) is 0 Å². The smallest absolute Gasteiger partial charge is 0.264 e. The van der Waals surface area contributed by atoms with Crippen molar-refractivity contribution in [2.24, 2.45) is 0 Å². The zero-order valence-corrected chi connectivity index (χ0v) is 18.6. The molecule has 26 heavy (non-hydrogen) atoms. The number of benzene rings is 2. The molecule has 0 N–H and O–H groups in total. The van der Waals surface area contributed by atoms with Crippen molar-refractivity contribution in [3.63, 3.8) is 0 Å². The number of nitriles is 1. The zero-order chi connectivity index (χ0) is 19.3. The lowest BCUT2D eigenvalue weighted by Gasteiger charge is -2.12. The molecule has 0 aliphatic rings. The highest BCUT2D eigenvalue weighted by Gasteiger charge is 2.13. The van der Waals surface area contributed by atoms with Crippen molar-refractivity contribution in [2.45, 2.75) is 6.61 Å². The molecule has 0 spiro atoms. The fourth-order valence-electron chi connectivity index (χ4n) is 2.09. The van der Waals surface area contributed by atoms with Crippen LogP contribution in [0.15, 0.2) is 46.4 Å². The third-order valence-electron chi connectivity index (χ3n) is 3.39. The van der Waals surface area contributed by atoms with Crippen LogP contribution in [0.3, 0.4) is 0 Å². The summed E-state index contributed by atoms with van der Waals surface area (Å²) in [6.45, 7) is 0.406. The highest BCUT2D eigenvalue weighted by Crippen LogP contribution is 2.33. The Morgan fingerprint density at radius 3 is 2.54 bits per heavy atom. The van der Waals surface area contributed by atoms with E-state index in [4.69, 9.17) is 16.3 Å². The number of ether oxygens (including phenoxy) is 1. The van der Waals surface area contributed by atoms with Gasteiger partial charge in [-0.25, -0.2) is 0 Å². The van der Waals surface area contributed by atoms with Gasteiger partial charge in [-0.1, -0.05) is 23.7 Å². The first kappa shape index (κ1) is 20.7. The molecule has 0 saturated carbocycles. The standard InChI is InChI=1S/C19H15BrClIN2O2/c1-24(2)19(25)14(10-23)7-13-8-16(20)18(17(22)9-13)26-11-12-3-5-15(21)6-4-12/h3-9H,11H2,1-2H3/b14-7-. The Bertz CT molecular complexity index is 866. The number of amides is 1. The minimum Gasteiger partial charge on any atom is -0.487 e. The molecule has 0 fully saturated rings. The van der Waals surface area contributed by atoms with E-state index in [1.807, 2.05) is 42.5 Å². The van der Waals surface area contributed by atoms with E-state index in [0.29, 0.717) is 17.4 Å². The summed E-state index contributed by atoms with van der Waals surface area (Å²) in [5, 5.41) is 9.90. The van der Waals surface area contributed by atoms with Gasteiger partial charge in [0.25, 0.3) is 5.91 Å². The fourth-order valence-corrected chi connectivity index (χ4v) is 3.98. The van der Waals surface area contributed by atoms with Crippen LogP contribution >= 0.6 is 50.1 Å². The van der Waals surface area contributed by atoms with Crippen LogP contribution in [0.5, 0.6) is 5.75 Å². The molecule has 0 bridgehead atoms. The number of likely N-dealkylation sites (N-methyl/N-ethyl adjacent to an activating group) is 1. The van der Waals surface area contributed by atoms with Gasteiger partial charge in [0.2, 0.25) is 0 Å². The molecular formula is C19H15BrClIN2O2. The van der Waals surface area contributed by atoms with Crippen LogP contribution in [0.2, 0.25) is 5.02 Å². The first-order valence-electron chi connectivity index (χ1n) is 7.51. The summed E-state index contributed by atoms with van der Waals surface area (Å²) < 4.78 is 7.52. The van der Waals surface area contributed by atoms with Crippen molar-refractivity contribution in [1.82, 2.24) is 4.90 Å². The number of halogens is 3. The minimum atomic E-state index is -0.332. The molecule has 0 saturated heterocycles. The Morgan fingerprint density at radius 1 is 1.35 bits per heavy atom. The molecule has 0 unspecified atom stereocenters. The van der Waals surface area contributed by atoms with E-state index in [1.54, 1.807) is 20.2 Å². The number of hydrogen-bond acceptors (Lipinski definition) is 3. The van der Waals surface area contributed by atoms with Crippen LogP contribution in [0, 0.1) is 14.9 Å². The van der Waals surface area contributed by atoms with E-state index < -0.39 is 0 Å². The number of nitrogens with zero attached hydrogens (tertiary/aromatic N) is 2. The number of hydrogen-bond donors (Lipinski definition) is 0. The second-order valence-corrected chi connectivity index (χ2v) is 8.05. The molecule has 1 amide bonds. The lowest BCUT2D eigenvalue weighted by molar-refractivity contribution is -0.124. The molecule has 0 atom stereocenters. The molecular weight excluding hydrogens is 530 g/mol. The summed E-state index contributed by atoms with van der Waals surface area (Å²) in [5.74, 6) is 0.372. The van der Waals surface area contributed by atoms with E-state index in [-0.39, 0.29) is 11.5 Å². The maximum atomic E-state index is 12.0. The van der Waals surface area contributed by atoms with Crippen molar-refractivity contribution in [3.05, 3.63) is 66.2 Å². The summed E-state index contributed by atoms with van der Waals surface area (Å²) >= 11 is 11.6. The normalized spacial score (nSPS) is 11.0. The quantitative estimate of drug-likeness (QED) is 0.292. The molecule has 134 valence electrons. The highest BCUT2D eigenvalue weighted by molar-refractivity contribution is 14.1. The van der Waals surface area contributed by atoms with Crippen molar-refractivity contribution in [3.8, 4) is 11.8 Å². The molecule has 2 aromatic carbocycles. The van der Waals surface area contributed by atoms with E-state index in [1.165, 1.54) is 4.90 Å². The first-order chi connectivity index (χ1) is 12.3. The second kappa shape index (κ2) is 9.40. The van der Waals surface area contributed by atoms with E-state index in [9.17, 15) is 10.1 Å². The van der Waals surface area contributed by atoms with Gasteiger partial charge in [-0.2, -0.15) is 5.26 Å². The minimum absolute atomic E-state index is 0.0764. The van der Waals surface area contributed by atoms with Gasteiger partial charge < -0.3 is 9.64 Å². The number of carbonyl (C=O) groups is 1. The Balaban J connectivity index is 2.23. The molecule has 0 aliphatic heterocycles. The number of carbonyl (C=O) groups excluding carboxylic acids is 1. The van der Waals surface area contributed by atoms with Crippen LogP contribution in [0.25, 0.3) is 6.08 Å². The number of rotatable bonds is 5. The summed E-state index contributed by atoms with van der Waals surface area (Å²) in [6, 6.07) is 13.1. The molecule has 7 heteroatoms. The largest absolute Gasteiger partial charge is 0.487 e. The van der Waals surface area contributed by atoms with Gasteiger partial charge in [-0.3, -0.25) is 4.79 Å². The summed E-state index contributed by atoms with van der Waals surface area (Å²) in [7, 11) is 3.22. The lowest BCUT2D eigenvalue weighted by atomic mass is 10.1. The molecule has 2 aromatic rings. The van der Waals surface area contributed by atoms with Gasteiger partial charge in [0, 0.05) is 19.1 Å². The average Bonchev–Trinajstić information content (AvgIpc) is 2.59. The maximum absolute atomic E-state index is 12.0. The van der Waals surface area contributed by atoms with Crippen LogP contribution in [-0.4, -0.2) is 24.9 Å². The summed E-state index contributed by atoms with van der Waals surface area (Å²) in [4.78, 5) is 13.4. The van der Waals surface area contributed by atoms with Crippen molar-refractivity contribution >= 4 is 62.1 Å². The molecule has 0 aromatic heterocycles. The Morgan fingerprint density at radius 2 is 2.00 bits per heavy atom. The third kappa shape index (κ3) is 5.47. The zero-order valence-electron chi connectivity index (χ0n) is 14.1. The van der Waals surface area contributed by atoms with Crippen LogP contribution < -0.4 is 4.74 Å². The highest BCUT2D eigenvalue weighted by atomic mass is 127. The topological polar surface area (TPSA) is 53.3 Å². The maximum Gasteiger partial charge on any atom is 0.264 e. The van der Waals surface area contributed by atoms with E-state index in [2.05, 4.69) is 38.5 Å². The average molecular weight is 546 g/mol. The SMILES string of the molecule is CN(C)C(=O)/C(C#N)=C\c1cc(Br)c(OCc2ccc(Cl)cc2)c(I)c1. The second-order valence-electron chi connectivity index (χ2n) is 5.60.